The number of carbonyl (C=O) groups is 1. The number of nitrogens with two attached hydrogens (primary N) is 1. The largest absolute Gasteiger partial charge is 0.383 e. The van der Waals surface area contributed by atoms with Gasteiger partial charge < -0.3 is 10.5 Å². The summed E-state index contributed by atoms with van der Waals surface area (Å²) in [7, 11) is 1.61. The highest BCUT2D eigenvalue weighted by molar-refractivity contribution is 7.98. The van der Waals surface area contributed by atoms with E-state index in [4.69, 9.17) is 10.5 Å². The van der Waals surface area contributed by atoms with Crippen LogP contribution in [-0.2, 0) is 17.0 Å². The van der Waals surface area contributed by atoms with Gasteiger partial charge in [-0.1, -0.05) is 23.9 Å². The van der Waals surface area contributed by atoms with Gasteiger partial charge in [0.1, 0.15) is 0 Å². The fourth-order valence-electron chi connectivity index (χ4n) is 2.64. The van der Waals surface area contributed by atoms with Crippen molar-refractivity contribution in [1.29, 1.82) is 0 Å². The van der Waals surface area contributed by atoms with Crippen LogP contribution < -0.4 is 5.73 Å². The Kier molecular flexibility index (Phi) is 6.57. The predicted molar refractivity (Wildman–Crippen MR) is 109 cm³/mol. The summed E-state index contributed by atoms with van der Waals surface area (Å²) >= 11 is 1.50. The van der Waals surface area contributed by atoms with Crippen LogP contribution in [0.4, 0.5) is 5.69 Å². The summed E-state index contributed by atoms with van der Waals surface area (Å²) in [6.07, 6.45) is 0. The second-order valence-electron chi connectivity index (χ2n) is 6.10. The van der Waals surface area contributed by atoms with E-state index in [1.807, 2.05) is 16.7 Å². The van der Waals surface area contributed by atoms with Crippen molar-refractivity contribution < 1.29 is 14.5 Å². The van der Waals surface area contributed by atoms with Crippen LogP contribution in [0.1, 0.15) is 15.9 Å². The van der Waals surface area contributed by atoms with Crippen molar-refractivity contribution in [2.75, 3.05) is 13.7 Å². The van der Waals surface area contributed by atoms with Crippen LogP contribution in [-0.4, -0.2) is 39.3 Å². The van der Waals surface area contributed by atoms with Crippen molar-refractivity contribution in [3.05, 3.63) is 69.8 Å². The van der Waals surface area contributed by atoms with Gasteiger partial charge in [0.05, 0.1) is 18.1 Å². The molecule has 0 fully saturated rings. The standard InChI is InChI=1S/C19H19N5O4S/c1-28-11-10-23-18(15-6-8-16(9-7-15)24(26)27)21-22-19(23)29-12-13-2-4-14(5-3-13)17(20)25/h2-9H,10-12H2,1H3,(H2,20,25). The van der Waals surface area contributed by atoms with Crippen molar-refractivity contribution in [2.24, 2.45) is 5.73 Å². The van der Waals surface area contributed by atoms with E-state index in [9.17, 15) is 14.9 Å². The Morgan fingerprint density at radius 3 is 2.45 bits per heavy atom. The molecule has 29 heavy (non-hydrogen) atoms. The van der Waals surface area contributed by atoms with Gasteiger partial charge in [-0.3, -0.25) is 19.5 Å². The zero-order chi connectivity index (χ0) is 20.8. The molecule has 9 nitrogen and oxygen atoms in total. The number of nitro groups is 1. The number of non-ortho nitro benzene ring substituents is 1. The third-order valence-electron chi connectivity index (χ3n) is 4.18. The normalized spacial score (nSPS) is 10.8. The van der Waals surface area contributed by atoms with E-state index >= 15 is 0 Å². The zero-order valence-corrected chi connectivity index (χ0v) is 16.5. The quantitative estimate of drug-likeness (QED) is 0.325. The van der Waals surface area contributed by atoms with E-state index in [2.05, 4.69) is 10.2 Å². The lowest BCUT2D eigenvalue weighted by atomic mass is 10.1. The molecule has 0 spiro atoms. The maximum absolute atomic E-state index is 11.2. The number of aromatic nitrogens is 3. The van der Waals surface area contributed by atoms with Crippen LogP contribution in [0.2, 0.25) is 0 Å². The number of nitro benzene ring substituents is 1. The molecule has 3 rings (SSSR count). The highest BCUT2D eigenvalue weighted by Crippen LogP contribution is 2.27. The lowest BCUT2D eigenvalue weighted by Gasteiger charge is -2.10. The highest BCUT2D eigenvalue weighted by atomic mass is 32.2. The summed E-state index contributed by atoms with van der Waals surface area (Å²) in [6, 6.07) is 13.3. The smallest absolute Gasteiger partial charge is 0.269 e. The molecule has 150 valence electrons. The molecular formula is C19H19N5O4S. The number of carbonyl (C=O) groups excluding carboxylic acids is 1. The van der Waals surface area contributed by atoms with E-state index < -0.39 is 10.8 Å². The number of nitrogens with zero attached hydrogens (tertiary/aromatic N) is 4. The first-order chi connectivity index (χ1) is 14.0. The van der Waals surface area contributed by atoms with E-state index in [1.165, 1.54) is 23.9 Å². The number of methoxy groups -OCH3 is 1. The fraction of sp³-hybridized carbons (Fsp3) is 0.211. The number of hydrogen-bond acceptors (Lipinski definition) is 7. The number of rotatable bonds is 9. The SMILES string of the molecule is COCCn1c(SCc2ccc(C(N)=O)cc2)nnc1-c1ccc([N+](=O)[O-])cc1. The van der Waals surface area contributed by atoms with Crippen molar-refractivity contribution in [1.82, 2.24) is 14.8 Å². The minimum Gasteiger partial charge on any atom is -0.383 e. The highest BCUT2D eigenvalue weighted by Gasteiger charge is 2.16. The molecule has 0 saturated heterocycles. The molecule has 2 N–H and O–H groups in total. The molecule has 0 unspecified atom stereocenters. The van der Waals surface area contributed by atoms with Gasteiger partial charge in [-0.15, -0.1) is 10.2 Å². The molecule has 0 aliphatic heterocycles. The number of ether oxygens (including phenoxy) is 1. The van der Waals surface area contributed by atoms with E-state index in [0.29, 0.717) is 35.4 Å². The zero-order valence-electron chi connectivity index (χ0n) is 15.6. The summed E-state index contributed by atoms with van der Waals surface area (Å²) < 4.78 is 7.11. The molecule has 1 heterocycles. The summed E-state index contributed by atoms with van der Waals surface area (Å²) in [5, 5.41) is 20.1. The average molecular weight is 413 g/mol. The number of hydrogen-bond donors (Lipinski definition) is 1. The summed E-state index contributed by atoms with van der Waals surface area (Å²) in [5.74, 6) is 0.782. The molecule has 0 aliphatic rings. The molecule has 0 saturated carbocycles. The van der Waals surface area contributed by atoms with Crippen LogP contribution in [0, 0.1) is 10.1 Å². The Hall–Kier alpha value is -3.24. The summed E-state index contributed by atoms with van der Waals surface area (Å²) in [6.45, 7) is 1.01. The van der Waals surface area contributed by atoms with Gasteiger partial charge >= 0.3 is 0 Å². The molecule has 10 heteroatoms. The van der Waals surface area contributed by atoms with E-state index in [0.717, 1.165) is 11.1 Å². The topological polar surface area (TPSA) is 126 Å². The minimum absolute atomic E-state index is 0.0192. The van der Waals surface area contributed by atoms with Crippen molar-refractivity contribution in [3.8, 4) is 11.4 Å². The monoisotopic (exact) mass is 413 g/mol. The molecule has 0 aliphatic carbocycles. The van der Waals surface area contributed by atoms with Crippen LogP contribution in [0.5, 0.6) is 0 Å². The van der Waals surface area contributed by atoms with Gasteiger partial charge in [-0.05, 0) is 29.8 Å². The number of benzene rings is 2. The Balaban J connectivity index is 1.81. The van der Waals surface area contributed by atoms with E-state index in [-0.39, 0.29) is 5.69 Å². The van der Waals surface area contributed by atoms with Gasteiger partial charge in [0, 0.05) is 36.1 Å². The van der Waals surface area contributed by atoms with E-state index in [1.54, 1.807) is 31.4 Å². The Labute approximate surface area is 171 Å². The van der Waals surface area contributed by atoms with Gasteiger partial charge in [-0.25, -0.2) is 0 Å². The second kappa shape index (κ2) is 9.30. The first-order valence-electron chi connectivity index (χ1n) is 8.68. The van der Waals surface area contributed by atoms with Gasteiger partial charge in [0.15, 0.2) is 11.0 Å². The van der Waals surface area contributed by atoms with Crippen LogP contribution in [0.15, 0.2) is 53.7 Å². The molecular weight excluding hydrogens is 394 g/mol. The molecule has 1 amide bonds. The fourth-order valence-corrected chi connectivity index (χ4v) is 3.56. The van der Waals surface area contributed by atoms with Gasteiger partial charge in [-0.2, -0.15) is 0 Å². The molecule has 0 bridgehead atoms. The first kappa shape index (κ1) is 20.5. The molecule has 1 aromatic heterocycles. The number of primary amides is 1. The second-order valence-corrected chi connectivity index (χ2v) is 7.05. The number of thioether (sulfide) groups is 1. The van der Waals surface area contributed by atoms with Crippen molar-refractivity contribution in [3.63, 3.8) is 0 Å². The first-order valence-corrected chi connectivity index (χ1v) is 9.66. The number of amides is 1. The Morgan fingerprint density at radius 1 is 1.17 bits per heavy atom. The maximum atomic E-state index is 11.2. The van der Waals surface area contributed by atoms with Crippen molar-refractivity contribution in [2.45, 2.75) is 17.5 Å². The average Bonchev–Trinajstić information content (AvgIpc) is 3.13. The van der Waals surface area contributed by atoms with Crippen LogP contribution >= 0.6 is 11.8 Å². The van der Waals surface area contributed by atoms with Crippen molar-refractivity contribution >= 4 is 23.4 Å². The predicted octanol–water partition coefficient (Wildman–Crippen LogP) is 2.89. The van der Waals surface area contributed by atoms with Gasteiger partial charge in [0.25, 0.3) is 5.69 Å². The molecule has 0 radical (unpaired) electrons. The third kappa shape index (κ3) is 4.98. The molecule has 0 atom stereocenters. The maximum Gasteiger partial charge on any atom is 0.269 e. The summed E-state index contributed by atoms with van der Waals surface area (Å²) in [5.41, 5.74) is 7.49. The lowest BCUT2D eigenvalue weighted by Crippen LogP contribution is -2.10. The Bertz CT molecular complexity index is 1000. The van der Waals surface area contributed by atoms with Gasteiger partial charge in [0.2, 0.25) is 5.91 Å². The molecule has 3 aromatic rings. The lowest BCUT2D eigenvalue weighted by molar-refractivity contribution is -0.384. The van der Waals surface area contributed by atoms with Crippen LogP contribution in [0.3, 0.4) is 0 Å². The summed E-state index contributed by atoms with van der Waals surface area (Å²) in [4.78, 5) is 21.6. The minimum atomic E-state index is -0.462. The molecule has 2 aromatic carbocycles. The third-order valence-corrected chi connectivity index (χ3v) is 5.22. The van der Waals surface area contributed by atoms with Crippen LogP contribution in [0.25, 0.3) is 11.4 Å². The Morgan fingerprint density at radius 2 is 1.86 bits per heavy atom.